The highest BCUT2D eigenvalue weighted by Gasteiger charge is 2.30. The number of carbonyl (C=O) groups excluding carboxylic acids is 1. The number of rotatable bonds is 1. The molecule has 2 aliphatic rings. The summed E-state index contributed by atoms with van der Waals surface area (Å²) in [6.45, 7) is 1.74. The van der Waals surface area contributed by atoms with Crippen LogP contribution in [0.25, 0.3) is 27.2 Å². The quantitative estimate of drug-likeness (QED) is 0.372. The highest BCUT2D eigenvalue weighted by atomic mass is 16.1. The Morgan fingerprint density at radius 3 is 2.71 bits per heavy atom. The topological polar surface area (TPSA) is 42.9 Å². The van der Waals surface area contributed by atoms with Crippen molar-refractivity contribution in [3.05, 3.63) is 102 Å². The molecular weight excluding hydrogens is 380 g/mol. The van der Waals surface area contributed by atoms with Gasteiger partial charge in [-0.05, 0) is 71.9 Å². The fraction of sp³-hybridized carbons (Fsp3) is 0.179. The number of nitrogens with zero attached hydrogens (tertiary/aromatic N) is 2. The van der Waals surface area contributed by atoms with Crippen molar-refractivity contribution in [1.82, 2.24) is 9.97 Å². The summed E-state index contributed by atoms with van der Waals surface area (Å²) in [6.07, 6.45) is 12.7. The van der Waals surface area contributed by atoms with Gasteiger partial charge in [-0.25, -0.2) is 0 Å². The Morgan fingerprint density at radius 1 is 0.968 bits per heavy atom. The maximum atomic E-state index is 12.1. The normalized spacial score (nSPS) is 17.0. The van der Waals surface area contributed by atoms with Crippen LogP contribution < -0.4 is 0 Å². The monoisotopic (exact) mass is 404 g/mol. The number of aromatic nitrogens is 2. The van der Waals surface area contributed by atoms with Crippen LogP contribution in [0.4, 0.5) is 0 Å². The number of carbonyl (C=O) groups is 1. The van der Waals surface area contributed by atoms with Crippen molar-refractivity contribution < 1.29 is 4.79 Å². The maximum Gasteiger partial charge on any atom is 0.137 e. The lowest BCUT2D eigenvalue weighted by molar-refractivity contribution is -0.119. The molecule has 2 aromatic carbocycles. The molecule has 3 heteroatoms. The lowest BCUT2D eigenvalue weighted by Gasteiger charge is -2.31. The van der Waals surface area contributed by atoms with E-state index in [9.17, 15) is 4.79 Å². The minimum absolute atomic E-state index is 0.0725. The Morgan fingerprint density at radius 2 is 1.84 bits per heavy atom. The molecule has 6 rings (SSSR count). The number of fused-ring (bicyclic) bond motifs is 5. The molecule has 0 amide bonds. The smallest absolute Gasteiger partial charge is 0.137 e. The second-order valence-corrected chi connectivity index (χ2v) is 8.13. The van der Waals surface area contributed by atoms with Gasteiger partial charge in [0.1, 0.15) is 5.78 Å². The minimum atomic E-state index is 0.0725. The summed E-state index contributed by atoms with van der Waals surface area (Å²) < 4.78 is 0. The molecule has 1 unspecified atom stereocenters. The Hall–Kier alpha value is -3.59. The summed E-state index contributed by atoms with van der Waals surface area (Å²) in [4.78, 5) is 20.3. The summed E-state index contributed by atoms with van der Waals surface area (Å²) in [5, 5.41) is 3.65. The van der Waals surface area contributed by atoms with E-state index in [0.717, 1.165) is 30.2 Å². The Bertz CT molecular complexity index is 1280. The predicted molar refractivity (Wildman–Crippen MR) is 127 cm³/mol. The second-order valence-electron chi connectivity index (χ2n) is 8.13. The average Bonchev–Trinajstić information content (AvgIpc) is 2.83. The van der Waals surface area contributed by atoms with Gasteiger partial charge in [-0.15, -0.1) is 0 Å². The van der Waals surface area contributed by atoms with Crippen molar-refractivity contribution in [3.63, 3.8) is 0 Å². The van der Waals surface area contributed by atoms with Crippen LogP contribution in [0.5, 0.6) is 0 Å². The van der Waals surface area contributed by atoms with Crippen molar-refractivity contribution in [2.24, 2.45) is 5.92 Å². The number of hydrogen-bond acceptors (Lipinski definition) is 3. The fourth-order valence-corrected chi connectivity index (χ4v) is 4.75. The Labute approximate surface area is 182 Å². The summed E-state index contributed by atoms with van der Waals surface area (Å²) in [7, 11) is 0. The van der Waals surface area contributed by atoms with Gasteiger partial charge in [0.25, 0.3) is 0 Å². The molecule has 2 aliphatic carbocycles. The van der Waals surface area contributed by atoms with Crippen LogP contribution >= 0.6 is 0 Å². The van der Waals surface area contributed by atoms with Gasteiger partial charge in [0.2, 0.25) is 0 Å². The Kier molecular flexibility index (Phi) is 5.17. The zero-order valence-corrected chi connectivity index (χ0v) is 17.6. The zero-order chi connectivity index (χ0) is 21.2. The number of pyridine rings is 2. The van der Waals surface area contributed by atoms with Gasteiger partial charge in [0, 0.05) is 29.9 Å². The Balaban J connectivity index is 0.000000171. The van der Waals surface area contributed by atoms with E-state index in [1.807, 2.05) is 24.4 Å². The first-order valence-electron chi connectivity index (χ1n) is 10.8. The molecule has 0 saturated heterocycles. The molecule has 2 aromatic heterocycles. The van der Waals surface area contributed by atoms with Crippen molar-refractivity contribution in [3.8, 4) is 0 Å². The lowest BCUT2D eigenvalue weighted by atomic mass is 9.72. The van der Waals surface area contributed by atoms with Crippen LogP contribution in [0.15, 0.2) is 90.9 Å². The molecule has 0 saturated carbocycles. The van der Waals surface area contributed by atoms with Crippen molar-refractivity contribution in [1.29, 1.82) is 0 Å². The van der Waals surface area contributed by atoms with Crippen LogP contribution in [-0.4, -0.2) is 15.8 Å². The first-order valence-corrected chi connectivity index (χ1v) is 10.8. The molecule has 31 heavy (non-hydrogen) atoms. The van der Waals surface area contributed by atoms with Crippen LogP contribution in [0, 0.1) is 5.92 Å². The number of hydrogen-bond donors (Lipinski definition) is 0. The molecule has 0 bridgehead atoms. The predicted octanol–water partition coefficient (Wildman–Crippen LogP) is 6.33. The lowest BCUT2D eigenvalue weighted by Crippen LogP contribution is -2.23. The van der Waals surface area contributed by atoms with Gasteiger partial charge < -0.3 is 0 Å². The summed E-state index contributed by atoms with van der Waals surface area (Å²) in [5.41, 5.74) is 6.33. The zero-order valence-electron chi connectivity index (χ0n) is 17.6. The first kappa shape index (κ1) is 19.4. The van der Waals surface area contributed by atoms with Crippen LogP contribution in [-0.2, 0) is 11.2 Å². The van der Waals surface area contributed by atoms with Gasteiger partial charge >= 0.3 is 0 Å². The third-order valence-corrected chi connectivity index (χ3v) is 6.26. The molecule has 1 atom stereocenters. The molecule has 0 fully saturated rings. The van der Waals surface area contributed by atoms with E-state index in [2.05, 4.69) is 58.5 Å². The molecular formula is C28H24N2O. The summed E-state index contributed by atoms with van der Waals surface area (Å²) in [6, 6.07) is 18.7. The van der Waals surface area contributed by atoms with Gasteiger partial charge in [0.05, 0.1) is 5.52 Å². The highest BCUT2D eigenvalue weighted by molar-refractivity contribution is 5.97. The first-order chi connectivity index (χ1) is 15.2. The van der Waals surface area contributed by atoms with Crippen molar-refractivity contribution in [2.75, 3.05) is 0 Å². The third-order valence-electron chi connectivity index (χ3n) is 6.26. The minimum Gasteiger partial charge on any atom is -0.299 e. The largest absolute Gasteiger partial charge is 0.299 e. The number of Topliss-reactive ketones (excluding diaryl/α,β-unsaturated/α-hetero) is 1. The van der Waals surface area contributed by atoms with Crippen LogP contribution in [0.3, 0.4) is 0 Å². The van der Waals surface area contributed by atoms with E-state index >= 15 is 0 Å². The number of ketones is 1. The molecule has 3 nitrogen and oxygen atoms in total. The van der Waals surface area contributed by atoms with E-state index in [0.29, 0.717) is 5.78 Å². The van der Waals surface area contributed by atoms with Crippen LogP contribution in [0.2, 0.25) is 0 Å². The molecule has 0 radical (unpaired) electrons. The average molecular weight is 405 g/mol. The third kappa shape index (κ3) is 3.68. The van der Waals surface area contributed by atoms with E-state index in [-0.39, 0.29) is 5.92 Å². The van der Waals surface area contributed by atoms with E-state index in [1.165, 1.54) is 33.0 Å². The van der Waals surface area contributed by atoms with Gasteiger partial charge in [0.15, 0.2) is 0 Å². The molecule has 0 aliphatic heterocycles. The number of allylic oxidation sites excluding steroid dienone is 4. The van der Waals surface area contributed by atoms with Gasteiger partial charge in [-0.3, -0.25) is 14.8 Å². The van der Waals surface area contributed by atoms with E-state index in [1.54, 1.807) is 19.3 Å². The molecule has 4 aromatic rings. The standard InChI is InChI=1S/C20H18O.C8H6N2/c1-13(21)19-12-20-15-7-3-2-6-14(15)10-11-18(20)16-8-4-5-9-17(16)19;1-2-7-6-9-5-3-8(7)10-4-1/h2-4,6-8,10-11,19H,5,9,12H2,1H3;1-6H. The molecule has 2 heterocycles. The number of benzene rings is 2. The van der Waals surface area contributed by atoms with Crippen molar-refractivity contribution in [2.45, 2.75) is 26.2 Å². The van der Waals surface area contributed by atoms with Gasteiger partial charge in [-0.2, -0.15) is 0 Å². The molecule has 0 N–H and O–H groups in total. The van der Waals surface area contributed by atoms with E-state index < -0.39 is 0 Å². The SMILES string of the molecule is CC(=O)C1Cc2c(ccc3ccccc23)C2=C1CCC=C2.c1cnc2ccncc2c1. The van der Waals surface area contributed by atoms with Crippen molar-refractivity contribution >= 4 is 33.0 Å². The fourth-order valence-electron chi connectivity index (χ4n) is 4.75. The summed E-state index contributed by atoms with van der Waals surface area (Å²) in [5.74, 6) is 0.375. The highest BCUT2D eigenvalue weighted by Crippen LogP contribution is 2.42. The summed E-state index contributed by atoms with van der Waals surface area (Å²) >= 11 is 0. The van der Waals surface area contributed by atoms with Gasteiger partial charge in [-0.1, -0.05) is 54.1 Å². The van der Waals surface area contributed by atoms with Crippen LogP contribution in [0.1, 0.15) is 30.9 Å². The van der Waals surface area contributed by atoms with E-state index in [4.69, 9.17) is 0 Å². The molecule has 152 valence electrons. The molecule has 0 spiro atoms. The second kappa shape index (κ2) is 8.27. The maximum absolute atomic E-state index is 12.1.